The van der Waals surface area contributed by atoms with E-state index in [4.69, 9.17) is 0 Å². The number of amides is 1. The summed E-state index contributed by atoms with van der Waals surface area (Å²) in [6, 6.07) is 10.1. The number of nitrogens with zero attached hydrogens (tertiary/aromatic N) is 2. The second kappa shape index (κ2) is 8.54. The number of anilines is 1. The average Bonchev–Trinajstić information content (AvgIpc) is 2.62. The van der Waals surface area contributed by atoms with Crippen LogP contribution in [0.15, 0.2) is 36.0 Å². The fraction of sp³-hybridized carbons (Fsp3) is 0.500. The Morgan fingerprint density at radius 3 is 2.71 bits per heavy atom. The molecule has 1 N–H and O–H groups in total. The predicted molar refractivity (Wildman–Crippen MR) is 97.4 cm³/mol. The fourth-order valence-corrected chi connectivity index (χ4v) is 2.95. The second-order valence-electron chi connectivity index (χ2n) is 6.69. The van der Waals surface area contributed by atoms with Crippen LogP contribution in [-0.2, 0) is 4.79 Å². The highest BCUT2D eigenvalue weighted by molar-refractivity contribution is 5.97. The van der Waals surface area contributed by atoms with Crippen LogP contribution < -0.4 is 5.32 Å². The number of benzene rings is 1. The Bertz CT molecular complexity index is 637. The summed E-state index contributed by atoms with van der Waals surface area (Å²) in [5.74, 6) is 0.911. The van der Waals surface area contributed by atoms with Crippen LogP contribution >= 0.6 is 0 Å². The lowest BCUT2D eigenvalue weighted by atomic mass is 9.97. The van der Waals surface area contributed by atoms with E-state index in [0.29, 0.717) is 11.8 Å². The number of likely N-dealkylation sites (tertiary alicyclic amines) is 1. The summed E-state index contributed by atoms with van der Waals surface area (Å²) in [7, 11) is 0. The average molecular weight is 325 g/mol. The van der Waals surface area contributed by atoms with E-state index in [9.17, 15) is 10.1 Å². The van der Waals surface area contributed by atoms with Gasteiger partial charge in [0.25, 0.3) is 5.91 Å². The first-order valence-corrected chi connectivity index (χ1v) is 8.81. The number of para-hydroxylation sites is 1. The van der Waals surface area contributed by atoms with Gasteiger partial charge in [-0.15, -0.1) is 0 Å². The first-order valence-electron chi connectivity index (χ1n) is 8.81. The lowest BCUT2D eigenvalue weighted by Gasteiger charge is -2.30. The van der Waals surface area contributed by atoms with Crippen molar-refractivity contribution >= 4 is 11.6 Å². The summed E-state index contributed by atoms with van der Waals surface area (Å²) < 4.78 is 0. The molecular formula is C20H27N3O. The molecular weight excluding hydrogens is 298 g/mol. The first-order chi connectivity index (χ1) is 11.6. The minimum atomic E-state index is -0.169. The minimum Gasteiger partial charge on any atom is -0.360 e. The molecule has 0 radical (unpaired) electrons. The molecule has 1 aliphatic rings. The van der Waals surface area contributed by atoms with Gasteiger partial charge in [0.2, 0.25) is 0 Å². The normalized spacial score (nSPS) is 17.2. The number of piperidine rings is 1. The molecule has 1 unspecified atom stereocenters. The summed E-state index contributed by atoms with van der Waals surface area (Å²) in [4.78, 5) is 14.3. The van der Waals surface area contributed by atoms with E-state index in [0.717, 1.165) is 38.0 Å². The Hall–Kier alpha value is -2.28. The van der Waals surface area contributed by atoms with Gasteiger partial charge in [0.15, 0.2) is 0 Å². The first kappa shape index (κ1) is 18.1. The number of nitriles is 1. The summed E-state index contributed by atoms with van der Waals surface area (Å²) in [6.07, 6.45) is 4.61. The molecule has 1 aromatic carbocycles. The van der Waals surface area contributed by atoms with Crippen molar-refractivity contribution in [1.29, 1.82) is 5.26 Å². The number of hydrogen-bond acceptors (Lipinski definition) is 3. The van der Waals surface area contributed by atoms with Crippen molar-refractivity contribution in [2.75, 3.05) is 18.4 Å². The van der Waals surface area contributed by atoms with E-state index in [1.165, 1.54) is 5.56 Å². The molecule has 1 fully saturated rings. The zero-order valence-corrected chi connectivity index (χ0v) is 14.9. The molecule has 0 aliphatic carbocycles. The monoisotopic (exact) mass is 325 g/mol. The number of carbonyl (C=O) groups excluding carboxylic acids is 1. The minimum absolute atomic E-state index is 0.169. The van der Waals surface area contributed by atoms with Gasteiger partial charge in [0.05, 0.1) is 0 Å². The largest absolute Gasteiger partial charge is 0.360 e. The number of rotatable bonds is 5. The highest BCUT2D eigenvalue weighted by Crippen LogP contribution is 2.26. The Morgan fingerprint density at radius 2 is 2.08 bits per heavy atom. The van der Waals surface area contributed by atoms with E-state index in [2.05, 4.69) is 38.2 Å². The van der Waals surface area contributed by atoms with Gasteiger partial charge >= 0.3 is 0 Å². The molecule has 0 saturated carbocycles. The third kappa shape index (κ3) is 4.38. The molecule has 1 atom stereocenters. The van der Waals surface area contributed by atoms with Gasteiger partial charge in [-0.05, 0) is 42.7 Å². The second-order valence-corrected chi connectivity index (χ2v) is 6.69. The van der Waals surface area contributed by atoms with Crippen molar-refractivity contribution in [3.05, 3.63) is 41.6 Å². The summed E-state index contributed by atoms with van der Waals surface area (Å²) in [6.45, 7) is 8.01. The third-order valence-corrected chi connectivity index (χ3v) is 4.90. The van der Waals surface area contributed by atoms with Crippen LogP contribution in [-0.4, -0.2) is 23.9 Å². The smallest absolute Gasteiger partial charge is 0.266 e. The van der Waals surface area contributed by atoms with Gasteiger partial charge in [-0.1, -0.05) is 39.0 Å². The SMILES string of the molecule is CCC(C)c1ccccc1N/C=C(/C#N)C(=O)N1CCC(C)CC1. The van der Waals surface area contributed by atoms with Crippen LogP contribution in [0.25, 0.3) is 0 Å². The van der Waals surface area contributed by atoms with Crippen molar-refractivity contribution in [1.82, 2.24) is 4.90 Å². The van der Waals surface area contributed by atoms with Crippen molar-refractivity contribution in [2.24, 2.45) is 5.92 Å². The van der Waals surface area contributed by atoms with Gasteiger partial charge in [-0.3, -0.25) is 4.79 Å². The summed E-state index contributed by atoms with van der Waals surface area (Å²) in [5, 5.41) is 12.6. The third-order valence-electron chi connectivity index (χ3n) is 4.90. The molecule has 1 aromatic rings. The van der Waals surface area contributed by atoms with Gasteiger partial charge < -0.3 is 10.2 Å². The Morgan fingerprint density at radius 1 is 1.42 bits per heavy atom. The zero-order valence-electron chi connectivity index (χ0n) is 14.9. The van der Waals surface area contributed by atoms with Crippen LogP contribution in [0.5, 0.6) is 0 Å². The molecule has 0 aromatic heterocycles. The van der Waals surface area contributed by atoms with Crippen LogP contribution in [0, 0.1) is 17.2 Å². The van der Waals surface area contributed by atoms with Crippen LogP contribution in [0.2, 0.25) is 0 Å². The number of nitrogens with one attached hydrogen (secondary N) is 1. The molecule has 1 amide bonds. The van der Waals surface area contributed by atoms with Crippen molar-refractivity contribution in [2.45, 2.75) is 46.0 Å². The number of hydrogen-bond donors (Lipinski definition) is 1. The lowest BCUT2D eigenvalue weighted by Crippen LogP contribution is -2.38. The van der Waals surface area contributed by atoms with Crippen molar-refractivity contribution in [3.8, 4) is 6.07 Å². The van der Waals surface area contributed by atoms with Crippen molar-refractivity contribution in [3.63, 3.8) is 0 Å². The highest BCUT2D eigenvalue weighted by Gasteiger charge is 2.23. The van der Waals surface area contributed by atoms with Gasteiger partial charge in [-0.25, -0.2) is 0 Å². The van der Waals surface area contributed by atoms with E-state index in [1.807, 2.05) is 18.2 Å². The quantitative estimate of drug-likeness (QED) is 0.649. The Kier molecular flexibility index (Phi) is 6.43. The maximum Gasteiger partial charge on any atom is 0.266 e. The Balaban J connectivity index is 2.12. The highest BCUT2D eigenvalue weighted by atomic mass is 16.2. The molecule has 2 rings (SSSR count). The molecule has 1 aliphatic heterocycles. The number of carbonyl (C=O) groups is 1. The zero-order chi connectivity index (χ0) is 17.5. The summed E-state index contributed by atoms with van der Waals surface area (Å²) in [5.41, 5.74) is 2.33. The summed E-state index contributed by atoms with van der Waals surface area (Å²) >= 11 is 0. The Labute approximate surface area is 145 Å². The maximum absolute atomic E-state index is 12.5. The molecule has 128 valence electrons. The topological polar surface area (TPSA) is 56.1 Å². The van der Waals surface area contributed by atoms with Crippen LogP contribution in [0.3, 0.4) is 0 Å². The molecule has 0 spiro atoms. The molecule has 1 heterocycles. The fourth-order valence-electron chi connectivity index (χ4n) is 2.95. The molecule has 0 bridgehead atoms. The van der Waals surface area contributed by atoms with Gasteiger partial charge in [0, 0.05) is 25.0 Å². The van der Waals surface area contributed by atoms with Crippen LogP contribution in [0.1, 0.15) is 51.5 Å². The molecule has 4 nitrogen and oxygen atoms in total. The van der Waals surface area contributed by atoms with Crippen LogP contribution in [0.4, 0.5) is 5.69 Å². The van der Waals surface area contributed by atoms with E-state index in [-0.39, 0.29) is 11.5 Å². The lowest BCUT2D eigenvalue weighted by molar-refractivity contribution is -0.128. The predicted octanol–water partition coefficient (Wildman–Crippen LogP) is 4.28. The molecule has 24 heavy (non-hydrogen) atoms. The van der Waals surface area contributed by atoms with E-state index >= 15 is 0 Å². The molecule has 1 saturated heterocycles. The van der Waals surface area contributed by atoms with E-state index < -0.39 is 0 Å². The molecule has 4 heteroatoms. The van der Waals surface area contributed by atoms with E-state index in [1.54, 1.807) is 11.1 Å². The standard InChI is InChI=1S/C20H27N3O/c1-4-16(3)18-7-5-6-8-19(18)22-14-17(13-21)20(24)23-11-9-15(2)10-12-23/h5-8,14-16,22H,4,9-12H2,1-3H3/b17-14-. The van der Waals surface area contributed by atoms with Gasteiger partial charge in [0.1, 0.15) is 11.6 Å². The van der Waals surface area contributed by atoms with Gasteiger partial charge in [-0.2, -0.15) is 5.26 Å². The van der Waals surface area contributed by atoms with Crippen molar-refractivity contribution < 1.29 is 4.79 Å². The maximum atomic E-state index is 12.5.